The molecule has 1 atom stereocenters. The Morgan fingerprint density at radius 2 is 1.35 bits per heavy atom. The molecule has 0 bridgehead atoms. The van der Waals surface area contributed by atoms with Crippen molar-refractivity contribution in [3.8, 4) is 0 Å². The molecule has 17 heavy (non-hydrogen) atoms. The van der Waals surface area contributed by atoms with Gasteiger partial charge < -0.3 is 10.8 Å². The number of nitrogens with two attached hydrogens (primary N) is 1. The Balaban J connectivity index is 3.71. The lowest BCUT2D eigenvalue weighted by Gasteiger charge is -2.39. The number of aliphatic hydroxyl groups is 1. The summed E-state index contributed by atoms with van der Waals surface area (Å²) in [6.07, 6.45) is 9.80. The summed E-state index contributed by atoms with van der Waals surface area (Å²) >= 11 is 0. The van der Waals surface area contributed by atoms with Crippen LogP contribution in [0.3, 0.4) is 0 Å². The largest absolute Gasteiger partial charge is 0.388 e. The van der Waals surface area contributed by atoms with E-state index >= 15 is 0 Å². The van der Waals surface area contributed by atoms with Gasteiger partial charge in [-0.05, 0) is 11.8 Å². The van der Waals surface area contributed by atoms with Gasteiger partial charge in [-0.15, -0.1) is 0 Å². The first-order valence-corrected chi connectivity index (χ1v) is 7.30. The van der Waals surface area contributed by atoms with E-state index in [1.54, 1.807) is 0 Å². The minimum absolute atomic E-state index is 0.121. The summed E-state index contributed by atoms with van der Waals surface area (Å²) in [5.74, 6) is 0. The smallest absolute Gasteiger partial charge is 0.0817 e. The van der Waals surface area contributed by atoms with Gasteiger partial charge in [0.2, 0.25) is 0 Å². The fourth-order valence-electron chi connectivity index (χ4n) is 2.16. The second-order valence-electron chi connectivity index (χ2n) is 6.36. The number of rotatable bonds is 9. The molecule has 1 unspecified atom stereocenters. The van der Waals surface area contributed by atoms with Crippen molar-refractivity contribution in [1.29, 1.82) is 0 Å². The van der Waals surface area contributed by atoms with Crippen LogP contribution in [-0.2, 0) is 0 Å². The van der Waals surface area contributed by atoms with E-state index in [9.17, 15) is 5.11 Å². The van der Waals surface area contributed by atoms with Crippen LogP contribution in [0.5, 0.6) is 0 Å². The maximum atomic E-state index is 10.5. The first-order chi connectivity index (χ1) is 7.87. The van der Waals surface area contributed by atoms with E-state index in [0.717, 1.165) is 12.8 Å². The van der Waals surface area contributed by atoms with Crippen LogP contribution in [0.4, 0.5) is 0 Å². The molecule has 0 spiro atoms. The van der Waals surface area contributed by atoms with Gasteiger partial charge in [0.05, 0.1) is 5.60 Å². The molecule has 0 aliphatic heterocycles. The molecule has 0 aromatic rings. The lowest BCUT2D eigenvalue weighted by atomic mass is 9.73. The highest BCUT2D eigenvalue weighted by Crippen LogP contribution is 2.33. The van der Waals surface area contributed by atoms with Gasteiger partial charge in [0, 0.05) is 6.54 Å². The average Bonchev–Trinajstić information content (AvgIpc) is 2.26. The van der Waals surface area contributed by atoms with Gasteiger partial charge in [0.1, 0.15) is 0 Å². The van der Waals surface area contributed by atoms with Gasteiger partial charge >= 0.3 is 0 Å². The zero-order valence-electron chi connectivity index (χ0n) is 12.4. The highest BCUT2D eigenvalue weighted by Gasteiger charge is 2.37. The molecule has 0 amide bonds. The van der Waals surface area contributed by atoms with Crippen LogP contribution in [0.2, 0.25) is 0 Å². The molecule has 2 nitrogen and oxygen atoms in total. The summed E-state index contributed by atoms with van der Waals surface area (Å²) in [5, 5.41) is 10.5. The molecular formula is C15H33NO. The lowest BCUT2D eigenvalue weighted by molar-refractivity contribution is -0.0579. The quantitative estimate of drug-likeness (QED) is 0.604. The zero-order chi connectivity index (χ0) is 13.4. The molecular weight excluding hydrogens is 210 g/mol. The van der Waals surface area contributed by atoms with Crippen LogP contribution in [-0.4, -0.2) is 17.3 Å². The number of hydrogen-bond donors (Lipinski definition) is 2. The van der Waals surface area contributed by atoms with E-state index in [0.29, 0.717) is 6.54 Å². The lowest BCUT2D eigenvalue weighted by Crippen LogP contribution is -2.49. The third-order valence-corrected chi connectivity index (χ3v) is 3.93. The van der Waals surface area contributed by atoms with Gasteiger partial charge in [-0.1, -0.05) is 72.6 Å². The summed E-state index contributed by atoms with van der Waals surface area (Å²) in [5.41, 5.74) is 4.90. The van der Waals surface area contributed by atoms with E-state index in [1.165, 1.54) is 38.5 Å². The summed E-state index contributed by atoms with van der Waals surface area (Å²) in [4.78, 5) is 0. The van der Waals surface area contributed by atoms with Crippen LogP contribution in [0.1, 0.15) is 79.1 Å². The molecule has 0 saturated heterocycles. The van der Waals surface area contributed by atoms with Crippen molar-refractivity contribution in [2.45, 2.75) is 84.7 Å². The van der Waals surface area contributed by atoms with Crippen molar-refractivity contribution in [3.05, 3.63) is 0 Å². The third-order valence-electron chi connectivity index (χ3n) is 3.93. The maximum absolute atomic E-state index is 10.5. The molecule has 0 aromatic heterocycles. The van der Waals surface area contributed by atoms with Gasteiger partial charge in [-0.2, -0.15) is 0 Å². The number of unbranched alkanes of at least 4 members (excludes halogenated alkanes) is 6. The minimum Gasteiger partial charge on any atom is -0.388 e. The third kappa shape index (κ3) is 6.42. The van der Waals surface area contributed by atoms with Crippen molar-refractivity contribution in [2.24, 2.45) is 11.1 Å². The Labute approximate surface area is 108 Å². The van der Waals surface area contributed by atoms with E-state index < -0.39 is 5.60 Å². The monoisotopic (exact) mass is 243 g/mol. The SMILES string of the molecule is CCCCCCCCCC(O)(CN)C(C)(C)C. The van der Waals surface area contributed by atoms with E-state index in [4.69, 9.17) is 5.73 Å². The van der Waals surface area contributed by atoms with E-state index in [2.05, 4.69) is 27.7 Å². The Bertz CT molecular complexity index is 186. The minimum atomic E-state index is -0.698. The Hall–Kier alpha value is -0.0800. The Kier molecular flexibility index (Phi) is 8.06. The van der Waals surface area contributed by atoms with Crippen molar-refractivity contribution in [1.82, 2.24) is 0 Å². The molecule has 104 valence electrons. The molecule has 0 aromatic carbocycles. The standard InChI is InChI=1S/C15H33NO/c1-5-6-7-8-9-10-11-12-15(17,13-16)14(2,3)4/h17H,5-13,16H2,1-4H3. The summed E-state index contributed by atoms with van der Waals surface area (Å²) in [7, 11) is 0. The fraction of sp³-hybridized carbons (Fsp3) is 1.00. The molecule has 0 radical (unpaired) electrons. The molecule has 0 aliphatic carbocycles. The first-order valence-electron chi connectivity index (χ1n) is 7.30. The molecule has 0 saturated carbocycles. The average molecular weight is 243 g/mol. The van der Waals surface area contributed by atoms with Crippen LogP contribution in [0.15, 0.2) is 0 Å². The predicted molar refractivity (Wildman–Crippen MR) is 76.1 cm³/mol. The highest BCUT2D eigenvalue weighted by molar-refractivity contribution is 4.91. The molecule has 3 N–H and O–H groups in total. The van der Waals surface area contributed by atoms with Crippen LogP contribution in [0, 0.1) is 5.41 Å². The molecule has 0 rings (SSSR count). The van der Waals surface area contributed by atoms with E-state index in [1.807, 2.05) is 0 Å². The van der Waals surface area contributed by atoms with Crippen molar-refractivity contribution >= 4 is 0 Å². The second-order valence-corrected chi connectivity index (χ2v) is 6.36. The van der Waals surface area contributed by atoms with Gasteiger partial charge in [0.25, 0.3) is 0 Å². The molecule has 0 aliphatic rings. The maximum Gasteiger partial charge on any atom is 0.0817 e. The summed E-state index contributed by atoms with van der Waals surface area (Å²) < 4.78 is 0. The van der Waals surface area contributed by atoms with Crippen molar-refractivity contribution < 1.29 is 5.11 Å². The highest BCUT2D eigenvalue weighted by atomic mass is 16.3. The van der Waals surface area contributed by atoms with Gasteiger partial charge in [-0.3, -0.25) is 0 Å². The van der Waals surface area contributed by atoms with E-state index in [-0.39, 0.29) is 5.41 Å². The fourth-order valence-corrected chi connectivity index (χ4v) is 2.16. The summed E-state index contributed by atoms with van der Waals surface area (Å²) in [6.45, 7) is 8.82. The molecule has 0 heterocycles. The van der Waals surface area contributed by atoms with Gasteiger partial charge in [-0.25, -0.2) is 0 Å². The van der Waals surface area contributed by atoms with Crippen LogP contribution >= 0.6 is 0 Å². The number of hydrogen-bond acceptors (Lipinski definition) is 2. The van der Waals surface area contributed by atoms with Crippen LogP contribution in [0.25, 0.3) is 0 Å². The Morgan fingerprint density at radius 1 is 0.882 bits per heavy atom. The zero-order valence-corrected chi connectivity index (χ0v) is 12.4. The predicted octanol–water partition coefficient (Wildman–Crippen LogP) is 3.86. The van der Waals surface area contributed by atoms with Crippen molar-refractivity contribution in [2.75, 3.05) is 6.54 Å². The summed E-state index contributed by atoms with van der Waals surface area (Å²) in [6, 6.07) is 0. The Morgan fingerprint density at radius 3 is 1.76 bits per heavy atom. The second kappa shape index (κ2) is 8.10. The first kappa shape index (κ1) is 16.9. The molecule has 2 heteroatoms. The van der Waals surface area contributed by atoms with Gasteiger partial charge in [0.15, 0.2) is 0 Å². The topological polar surface area (TPSA) is 46.2 Å². The molecule has 0 fully saturated rings. The van der Waals surface area contributed by atoms with Crippen LogP contribution < -0.4 is 5.73 Å². The normalized spacial score (nSPS) is 15.9. The van der Waals surface area contributed by atoms with Crippen molar-refractivity contribution in [3.63, 3.8) is 0 Å².